The van der Waals surface area contributed by atoms with E-state index in [1.807, 2.05) is 6.92 Å². The first kappa shape index (κ1) is 16.4. The maximum Gasteiger partial charge on any atom is 0.216 e. The average molecular weight is 326 g/mol. The van der Waals surface area contributed by atoms with Crippen LogP contribution in [0.4, 0.5) is 0 Å². The molecule has 1 fully saturated rings. The van der Waals surface area contributed by atoms with Crippen molar-refractivity contribution in [2.75, 3.05) is 0 Å². The lowest BCUT2D eigenvalue weighted by Gasteiger charge is -2.20. The lowest BCUT2D eigenvalue weighted by atomic mass is 10.0. The van der Waals surface area contributed by atoms with E-state index >= 15 is 0 Å². The summed E-state index contributed by atoms with van der Waals surface area (Å²) in [4.78, 5) is 0.279. The molecule has 0 bridgehead atoms. The number of hydrogen-bond donors (Lipinski definition) is 2. The lowest BCUT2D eigenvalue weighted by molar-refractivity contribution is 0.424. The fourth-order valence-corrected chi connectivity index (χ4v) is 4.50. The summed E-state index contributed by atoms with van der Waals surface area (Å²) < 4.78 is 27.3. The summed E-state index contributed by atoms with van der Waals surface area (Å²) in [5, 5.41) is 0. The van der Waals surface area contributed by atoms with Crippen LogP contribution in [0, 0.1) is 5.92 Å². The Morgan fingerprint density at radius 1 is 1.43 bits per heavy atom. The summed E-state index contributed by atoms with van der Waals surface area (Å²) in [7, 11) is -3.35. The third-order valence-corrected chi connectivity index (χ3v) is 5.72. The smallest absolute Gasteiger partial charge is 0.216 e. The number of sulfonamides is 1. The van der Waals surface area contributed by atoms with E-state index in [0.29, 0.717) is 17.0 Å². The molecule has 21 heavy (non-hydrogen) atoms. The third-order valence-electron chi connectivity index (χ3n) is 4.04. The molecule has 1 aliphatic carbocycles. The van der Waals surface area contributed by atoms with Crippen LogP contribution in [-0.4, -0.2) is 19.4 Å². The summed E-state index contributed by atoms with van der Waals surface area (Å²) in [6, 6.07) is 7.08. The van der Waals surface area contributed by atoms with E-state index in [9.17, 15) is 8.42 Å². The van der Waals surface area contributed by atoms with Gasteiger partial charge in [0, 0.05) is 11.6 Å². The lowest BCUT2D eigenvalue weighted by Crippen LogP contribution is -2.37. The minimum Gasteiger partial charge on any atom is -0.389 e. The van der Waals surface area contributed by atoms with Crippen LogP contribution in [0.1, 0.15) is 43.7 Å². The molecule has 0 aromatic heterocycles. The van der Waals surface area contributed by atoms with Crippen molar-refractivity contribution >= 4 is 27.2 Å². The van der Waals surface area contributed by atoms with Gasteiger partial charge < -0.3 is 5.73 Å². The fourth-order valence-electron chi connectivity index (χ4n) is 2.91. The van der Waals surface area contributed by atoms with Gasteiger partial charge in [0.25, 0.3) is 0 Å². The van der Waals surface area contributed by atoms with Gasteiger partial charge in [0.1, 0.15) is 4.99 Å². The van der Waals surface area contributed by atoms with Crippen LogP contribution in [0.5, 0.6) is 0 Å². The second-order valence-electron chi connectivity index (χ2n) is 5.77. The van der Waals surface area contributed by atoms with E-state index in [0.717, 1.165) is 12.8 Å². The monoisotopic (exact) mass is 326 g/mol. The van der Waals surface area contributed by atoms with E-state index in [2.05, 4.69) is 4.72 Å². The molecule has 3 N–H and O–H groups in total. The van der Waals surface area contributed by atoms with Gasteiger partial charge in [-0.2, -0.15) is 0 Å². The summed E-state index contributed by atoms with van der Waals surface area (Å²) in [5.41, 5.74) is 6.97. The number of benzene rings is 1. The minimum atomic E-state index is -3.35. The van der Waals surface area contributed by atoms with E-state index in [1.54, 1.807) is 24.3 Å². The quantitative estimate of drug-likeness (QED) is 0.787. The molecule has 1 unspecified atom stereocenters. The zero-order valence-electron chi connectivity index (χ0n) is 12.2. The Labute approximate surface area is 132 Å². The van der Waals surface area contributed by atoms with Gasteiger partial charge in [0.15, 0.2) is 0 Å². The van der Waals surface area contributed by atoms with Crippen molar-refractivity contribution in [3.05, 3.63) is 35.4 Å². The standard InChI is InChI=1S/C15H22N2O2S2/c1-11(13-6-2-3-7-13)17-21(18,19)10-12-5-4-8-14(9-12)15(16)20/h4-5,8-9,11,13,17H,2-3,6-7,10H2,1H3,(H2,16,20). The Kier molecular flexibility index (Phi) is 5.35. The summed E-state index contributed by atoms with van der Waals surface area (Å²) in [6.45, 7) is 1.96. The Morgan fingerprint density at radius 2 is 2.10 bits per heavy atom. The zero-order valence-corrected chi connectivity index (χ0v) is 13.8. The van der Waals surface area contributed by atoms with E-state index in [-0.39, 0.29) is 16.8 Å². The SMILES string of the molecule is CC(NS(=O)(=O)Cc1cccc(C(N)=S)c1)C1CCCC1. The van der Waals surface area contributed by atoms with Crippen LogP contribution in [0.2, 0.25) is 0 Å². The van der Waals surface area contributed by atoms with E-state index in [1.165, 1.54) is 12.8 Å². The van der Waals surface area contributed by atoms with Gasteiger partial charge in [0.2, 0.25) is 10.0 Å². The van der Waals surface area contributed by atoms with E-state index in [4.69, 9.17) is 18.0 Å². The molecule has 1 atom stereocenters. The molecule has 1 aromatic carbocycles. The highest BCUT2D eigenvalue weighted by Gasteiger charge is 2.25. The van der Waals surface area contributed by atoms with Crippen LogP contribution in [0.25, 0.3) is 0 Å². The molecule has 0 amide bonds. The molecule has 0 heterocycles. The number of hydrogen-bond acceptors (Lipinski definition) is 3. The maximum absolute atomic E-state index is 12.3. The van der Waals surface area contributed by atoms with Crippen molar-refractivity contribution in [1.82, 2.24) is 4.72 Å². The fraction of sp³-hybridized carbons (Fsp3) is 0.533. The van der Waals surface area contributed by atoms with Crippen LogP contribution in [0.15, 0.2) is 24.3 Å². The molecule has 0 spiro atoms. The Balaban J connectivity index is 2.03. The maximum atomic E-state index is 12.3. The highest BCUT2D eigenvalue weighted by molar-refractivity contribution is 7.88. The Bertz CT molecular complexity index is 608. The van der Waals surface area contributed by atoms with E-state index < -0.39 is 10.0 Å². The van der Waals surface area contributed by atoms with Crippen molar-refractivity contribution in [2.45, 2.75) is 44.4 Å². The molecule has 0 saturated heterocycles. The molecule has 0 radical (unpaired) electrons. The Hall–Kier alpha value is -0.980. The van der Waals surface area contributed by atoms with Crippen molar-refractivity contribution in [3.8, 4) is 0 Å². The zero-order chi connectivity index (χ0) is 15.5. The van der Waals surface area contributed by atoms with Crippen LogP contribution in [-0.2, 0) is 15.8 Å². The summed E-state index contributed by atoms with van der Waals surface area (Å²) in [5.74, 6) is 0.420. The topological polar surface area (TPSA) is 72.2 Å². The number of thiocarbonyl (C=S) groups is 1. The molecular formula is C15H22N2O2S2. The predicted molar refractivity (Wildman–Crippen MR) is 89.5 cm³/mol. The number of nitrogens with one attached hydrogen (secondary N) is 1. The molecule has 116 valence electrons. The highest BCUT2D eigenvalue weighted by atomic mass is 32.2. The minimum absolute atomic E-state index is 0.00346. The van der Waals surface area contributed by atoms with Gasteiger partial charge in [-0.1, -0.05) is 43.3 Å². The molecule has 4 nitrogen and oxygen atoms in total. The second-order valence-corrected chi connectivity index (χ2v) is 7.97. The third kappa shape index (κ3) is 4.76. The van der Waals surface area contributed by atoms with Crippen LogP contribution < -0.4 is 10.5 Å². The molecule has 1 aliphatic rings. The van der Waals surface area contributed by atoms with Gasteiger partial charge in [-0.3, -0.25) is 0 Å². The molecule has 1 aromatic rings. The molecule has 2 rings (SSSR count). The first-order chi connectivity index (χ1) is 9.87. The van der Waals surface area contributed by atoms with Gasteiger partial charge in [-0.25, -0.2) is 13.1 Å². The molecule has 0 aliphatic heterocycles. The van der Waals surface area contributed by atoms with Crippen LogP contribution in [0.3, 0.4) is 0 Å². The first-order valence-corrected chi connectivity index (χ1v) is 9.32. The second kappa shape index (κ2) is 6.85. The van der Waals surface area contributed by atoms with Crippen molar-refractivity contribution in [3.63, 3.8) is 0 Å². The largest absolute Gasteiger partial charge is 0.389 e. The first-order valence-electron chi connectivity index (χ1n) is 7.26. The Morgan fingerprint density at radius 3 is 2.71 bits per heavy atom. The van der Waals surface area contributed by atoms with Gasteiger partial charge >= 0.3 is 0 Å². The summed E-state index contributed by atoms with van der Waals surface area (Å²) >= 11 is 4.92. The van der Waals surface area contributed by atoms with Crippen molar-refractivity contribution in [1.29, 1.82) is 0 Å². The van der Waals surface area contributed by atoms with Gasteiger partial charge in [-0.05, 0) is 37.3 Å². The van der Waals surface area contributed by atoms with Crippen molar-refractivity contribution < 1.29 is 8.42 Å². The number of rotatable bonds is 6. The molecular weight excluding hydrogens is 304 g/mol. The predicted octanol–water partition coefficient (Wildman–Crippen LogP) is 2.32. The van der Waals surface area contributed by atoms with Crippen LogP contribution >= 0.6 is 12.2 Å². The van der Waals surface area contributed by atoms with Gasteiger partial charge in [0.05, 0.1) is 5.75 Å². The summed E-state index contributed by atoms with van der Waals surface area (Å²) in [6.07, 6.45) is 4.63. The molecule has 1 saturated carbocycles. The average Bonchev–Trinajstić information content (AvgIpc) is 2.91. The normalized spacial score (nSPS) is 17.8. The van der Waals surface area contributed by atoms with Crippen molar-refractivity contribution in [2.24, 2.45) is 11.7 Å². The molecule has 6 heteroatoms. The highest BCUT2D eigenvalue weighted by Crippen LogP contribution is 2.28. The van der Waals surface area contributed by atoms with Gasteiger partial charge in [-0.15, -0.1) is 0 Å². The number of nitrogens with two attached hydrogens (primary N) is 1.